The van der Waals surface area contributed by atoms with Crippen LogP contribution in [-0.2, 0) is 0 Å². The van der Waals surface area contributed by atoms with Crippen molar-refractivity contribution in [1.29, 1.82) is 0 Å². The first-order valence-corrected chi connectivity index (χ1v) is 7.19. The zero-order chi connectivity index (χ0) is 16.7. The number of rotatable bonds is 4. The van der Waals surface area contributed by atoms with Crippen molar-refractivity contribution in [2.45, 2.75) is 6.92 Å². The van der Waals surface area contributed by atoms with Gasteiger partial charge in [0.1, 0.15) is 5.75 Å². The van der Waals surface area contributed by atoms with Crippen molar-refractivity contribution in [2.24, 2.45) is 0 Å². The third-order valence-corrected chi connectivity index (χ3v) is 2.90. The Hall–Kier alpha value is -2.87. The first-order chi connectivity index (χ1) is 11.1. The second-order valence-corrected chi connectivity index (χ2v) is 4.68. The highest BCUT2D eigenvalue weighted by molar-refractivity contribution is 7.80. The largest absolute Gasteiger partial charge is 0.493 e. The van der Waals surface area contributed by atoms with Crippen LogP contribution in [-0.4, -0.2) is 23.5 Å². The molecule has 0 saturated carbocycles. The Labute approximate surface area is 138 Å². The Bertz CT molecular complexity index is 701. The number of hydrogen-bond donors (Lipinski definition) is 3. The van der Waals surface area contributed by atoms with Gasteiger partial charge in [-0.05, 0) is 43.4 Å². The first-order valence-electron chi connectivity index (χ1n) is 6.78. The summed E-state index contributed by atoms with van der Waals surface area (Å²) >= 11 is 4.93. The van der Waals surface area contributed by atoms with Crippen LogP contribution >= 0.6 is 12.2 Å². The third-order valence-electron chi connectivity index (χ3n) is 2.69. The van der Waals surface area contributed by atoms with E-state index in [-0.39, 0.29) is 10.9 Å². The minimum Gasteiger partial charge on any atom is -0.493 e. The van der Waals surface area contributed by atoms with Crippen LogP contribution in [0.15, 0.2) is 47.1 Å². The average Bonchev–Trinajstić information content (AvgIpc) is 3.08. The van der Waals surface area contributed by atoms with Gasteiger partial charge in [-0.3, -0.25) is 25.8 Å². The molecular weight excluding hydrogens is 318 g/mol. The van der Waals surface area contributed by atoms with Crippen molar-refractivity contribution in [3.05, 3.63) is 54.0 Å². The lowest BCUT2D eigenvalue weighted by Crippen LogP contribution is -2.48. The van der Waals surface area contributed by atoms with Crippen molar-refractivity contribution >= 4 is 29.1 Å². The number of nitrogens with one attached hydrogen (secondary N) is 3. The van der Waals surface area contributed by atoms with Crippen LogP contribution in [0.2, 0.25) is 0 Å². The highest BCUT2D eigenvalue weighted by Gasteiger charge is 2.13. The van der Waals surface area contributed by atoms with Crippen LogP contribution in [0.4, 0.5) is 0 Å². The Morgan fingerprint density at radius 2 is 1.91 bits per heavy atom. The summed E-state index contributed by atoms with van der Waals surface area (Å²) in [6.45, 7) is 2.27. The number of para-hydroxylation sites is 1. The van der Waals surface area contributed by atoms with E-state index in [0.717, 1.165) is 0 Å². The second-order valence-electron chi connectivity index (χ2n) is 4.27. The van der Waals surface area contributed by atoms with Crippen LogP contribution in [0.1, 0.15) is 27.8 Å². The number of ether oxygens (including phenoxy) is 1. The Morgan fingerprint density at radius 1 is 1.13 bits per heavy atom. The van der Waals surface area contributed by atoms with Crippen LogP contribution in [0.25, 0.3) is 0 Å². The predicted octanol–water partition coefficient (Wildman–Crippen LogP) is 1.63. The molecule has 1 aromatic carbocycles. The fourth-order valence-electron chi connectivity index (χ4n) is 1.72. The lowest BCUT2D eigenvalue weighted by Gasteiger charge is -2.12. The number of hydrazine groups is 1. The van der Waals surface area contributed by atoms with Crippen molar-refractivity contribution in [3.8, 4) is 5.75 Å². The lowest BCUT2D eigenvalue weighted by molar-refractivity contribution is 0.0924. The summed E-state index contributed by atoms with van der Waals surface area (Å²) in [5, 5.41) is 2.31. The van der Waals surface area contributed by atoms with Gasteiger partial charge in [0.2, 0.25) is 0 Å². The van der Waals surface area contributed by atoms with E-state index in [1.165, 1.54) is 12.3 Å². The number of carbonyl (C=O) groups excluding carboxylic acids is 2. The maximum Gasteiger partial charge on any atom is 0.293 e. The van der Waals surface area contributed by atoms with Crippen molar-refractivity contribution in [3.63, 3.8) is 0 Å². The smallest absolute Gasteiger partial charge is 0.293 e. The van der Waals surface area contributed by atoms with Crippen LogP contribution in [0.3, 0.4) is 0 Å². The highest BCUT2D eigenvalue weighted by atomic mass is 32.1. The molecule has 120 valence electrons. The van der Waals surface area contributed by atoms with Crippen LogP contribution in [0, 0.1) is 0 Å². The molecule has 0 saturated heterocycles. The zero-order valence-corrected chi connectivity index (χ0v) is 13.1. The number of benzene rings is 1. The van der Waals surface area contributed by atoms with E-state index < -0.39 is 11.8 Å². The van der Waals surface area contributed by atoms with E-state index in [4.69, 9.17) is 21.4 Å². The first kappa shape index (κ1) is 16.5. The Kier molecular flexibility index (Phi) is 5.70. The molecule has 0 aliphatic heterocycles. The maximum atomic E-state index is 12.1. The van der Waals surface area contributed by atoms with Crippen molar-refractivity contribution in [1.82, 2.24) is 16.2 Å². The van der Waals surface area contributed by atoms with Crippen molar-refractivity contribution in [2.75, 3.05) is 6.61 Å². The molecule has 0 fully saturated rings. The molecule has 2 aromatic rings. The van der Waals surface area contributed by atoms with E-state index in [0.29, 0.717) is 17.9 Å². The van der Waals surface area contributed by atoms with Gasteiger partial charge in [0.05, 0.1) is 18.4 Å². The standard InChI is InChI=1S/C15H15N3O4S/c1-2-21-11-7-4-3-6-10(11)13(19)17-18-15(23)16-14(20)12-8-5-9-22-12/h3-9H,2H2,1H3,(H,17,19)(H2,16,18,20,23). The van der Waals surface area contributed by atoms with E-state index in [1.807, 2.05) is 6.92 Å². The van der Waals surface area contributed by atoms with Crippen LogP contribution < -0.4 is 20.9 Å². The predicted molar refractivity (Wildman–Crippen MR) is 87.0 cm³/mol. The molecule has 0 bridgehead atoms. The minimum absolute atomic E-state index is 0.0614. The fraction of sp³-hybridized carbons (Fsp3) is 0.133. The summed E-state index contributed by atoms with van der Waals surface area (Å²) in [5.41, 5.74) is 5.19. The molecule has 7 nitrogen and oxygen atoms in total. The number of furan rings is 1. The third kappa shape index (κ3) is 4.55. The van der Waals surface area contributed by atoms with Gasteiger partial charge in [-0.15, -0.1) is 0 Å². The van der Waals surface area contributed by atoms with Crippen LogP contribution in [0.5, 0.6) is 5.75 Å². The molecule has 0 unspecified atom stereocenters. The summed E-state index contributed by atoms with van der Waals surface area (Å²) in [6.07, 6.45) is 1.37. The molecule has 0 spiro atoms. The van der Waals surface area contributed by atoms with E-state index in [1.54, 1.807) is 30.3 Å². The topological polar surface area (TPSA) is 92.6 Å². The van der Waals surface area contributed by atoms with Crippen molar-refractivity contribution < 1.29 is 18.7 Å². The molecule has 8 heteroatoms. The van der Waals surface area contributed by atoms with E-state index in [2.05, 4.69) is 16.2 Å². The van der Waals surface area contributed by atoms with Gasteiger partial charge < -0.3 is 9.15 Å². The molecule has 1 heterocycles. The summed E-state index contributed by atoms with van der Waals surface area (Å²) < 4.78 is 10.3. The molecule has 0 atom stereocenters. The molecule has 2 rings (SSSR count). The molecular formula is C15H15N3O4S. The highest BCUT2D eigenvalue weighted by Crippen LogP contribution is 2.17. The quantitative estimate of drug-likeness (QED) is 0.582. The van der Waals surface area contributed by atoms with Gasteiger partial charge >= 0.3 is 0 Å². The van der Waals surface area contributed by atoms with Gasteiger partial charge in [0.25, 0.3) is 11.8 Å². The Balaban J connectivity index is 1.89. The number of hydrogen-bond acceptors (Lipinski definition) is 5. The fourth-order valence-corrected chi connectivity index (χ4v) is 1.86. The van der Waals surface area contributed by atoms with Gasteiger partial charge in [0.15, 0.2) is 10.9 Å². The summed E-state index contributed by atoms with van der Waals surface area (Å²) in [4.78, 5) is 23.8. The molecule has 3 N–H and O–H groups in total. The minimum atomic E-state index is -0.517. The van der Waals surface area contributed by atoms with Gasteiger partial charge in [-0.1, -0.05) is 12.1 Å². The molecule has 1 aromatic heterocycles. The normalized spacial score (nSPS) is 9.78. The average molecular weight is 333 g/mol. The molecule has 0 aliphatic rings. The molecule has 0 aliphatic carbocycles. The summed E-state index contributed by atoms with van der Waals surface area (Å²) in [5.74, 6) is -0.387. The lowest BCUT2D eigenvalue weighted by atomic mass is 10.2. The van der Waals surface area contributed by atoms with Gasteiger partial charge in [0, 0.05) is 0 Å². The SMILES string of the molecule is CCOc1ccccc1C(=O)NNC(=S)NC(=O)c1ccco1. The van der Waals surface area contributed by atoms with E-state index >= 15 is 0 Å². The summed E-state index contributed by atoms with van der Waals surface area (Å²) in [6, 6.07) is 9.87. The zero-order valence-electron chi connectivity index (χ0n) is 12.3. The Morgan fingerprint density at radius 3 is 2.61 bits per heavy atom. The second kappa shape index (κ2) is 7.95. The number of amides is 2. The van der Waals surface area contributed by atoms with Gasteiger partial charge in [-0.25, -0.2) is 0 Å². The molecule has 0 radical (unpaired) electrons. The molecule has 2 amide bonds. The number of thiocarbonyl (C=S) groups is 1. The number of carbonyl (C=O) groups is 2. The molecule has 23 heavy (non-hydrogen) atoms. The monoisotopic (exact) mass is 333 g/mol. The summed E-state index contributed by atoms with van der Waals surface area (Å²) in [7, 11) is 0. The maximum absolute atomic E-state index is 12.1. The van der Waals surface area contributed by atoms with E-state index in [9.17, 15) is 9.59 Å². The van der Waals surface area contributed by atoms with Gasteiger partial charge in [-0.2, -0.15) is 0 Å².